The lowest BCUT2D eigenvalue weighted by molar-refractivity contribution is -0.121. The van der Waals surface area contributed by atoms with Crippen molar-refractivity contribution in [2.75, 3.05) is 0 Å². The van der Waals surface area contributed by atoms with E-state index >= 15 is 0 Å². The second kappa shape index (κ2) is 6.81. The number of ether oxygens (including phenoxy) is 1. The van der Waals surface area contributed by atoms with Crippen molar-refractivity contribution < 1.29 is 19.0 Å². The molecule has 3 aliphatic rings. The fourth-order valence-electron chi connectivity index (χ4n) is 5.89. The first kappa shape index (κ1) is 21.0. The van der Waals surface area contributed by atoms with Crippen LogP contribution in [0.1, 0.15) is 44.7 Å². The number of Topliss-reactive ketones (excluding diaryl/α,β-unsaturated/α-hetero) is 1. The highest BCUT2D eigenvalue weighted by Gasteiger charge is 2.69. The molecule has 2 fully saturated rings. The van der Waals surface area contributed by atoms with Gasteiger partial charge < -0.3 is 9.84 Å². The van der Waals surface area contributed by atoms with E-state index in [2.05, 4.69) is 0 Å². The first-order chi connectivity index (χ1) is 14.6. The van der Waals surface area contributed by atoms with E-state index in [-0.39, 0.29) is 27.5 Å². The van der Waals surface area contributed by atoms with Gasteiger partial charge in [-0.15, -0.1) is 0 Å². The van der Waals surface area contributed by atoms with Crippen LogP contribution in [0.25, 0.3) is 16.7 Å². The van der Waals surface area contributed by atoms with Crippen LogP contribution < -0.4 is 0 Å². The van der Waals surface area contributed by atoms with Crippen molar-refractivity contribution in [1.82, 2.24) is 0 Å². The molecule has 1 aliphatic carbocycles. The second-order valence-corrected chi connectivity index (χ2v) is 10.0. The average Bonchev–Trinajstić information content (AvgIpc) is 3.29. The summed E-state index contributed by atoms with van der Waals surface area (Å²) in [5, 5.41) is 11.3. The third-order valence-electron chi connectivity index (χ3n) is 7.42. The fraction of sp³-hybridized carbons (Fsp3) is 0.400. The van der Waals surface area contributed by atoms with E-state index in [0.717, 1.165) is 18.4 Å². The standard InChI is InChI=1S/C25H23Cl2FO3/c1-4-12-5-6-13(14-7-8-16(26)20(27)21(14)28)11-15(12)17-22(29)18-19(23(17)30)25(3)10-9-24(18,2)31-25/h5-8,11,18-19,29H,4,9-10H2,1-3H3/t18-,19+,24?,25+/m1/s1. The fourth-order valence-corrected chi connectivity index (χ4v) is 6.20. The summed E-state index contributed by atoms with van der Waals surface area (Å²) in [6, 6.07) is 8.58. The summed E-state index contributed by atoms with van der Waals surface area (Å²) < 4.78 is 21.1. The van der Waals surface area contributed by atoms with Gasteiger partial charge in [0.05, 0.1) is 38.7 Å². The molecule has 1 unspecified atom stereocenters. The Kier molecular flexibility index (Phi) is 4.61. The van der Waals surface area contributed by atoms with Crippen molar-refractivity contribution in [2.24, 2.45) is 11.8 Å². The van der Waals surface area contributed by atoms with Crippen LogP contribution in [0.15, 0.2) is 36.1 Å². The molecule has 31 heavy (non-hydrogen) atoms. The van der Waals surface area contributed by atoms with E-state index in [1.165, 1.54) is 0 Å². The number of aliphatic hydroxyl groups is 1. The van der Waals surface area contributed by atoms with E-state index in [1.54, 1.807) is 24.3 Å². The molecule has 0 spiro atoms. The number of hydrogen-bond acceptors (Lipinski definition) is 3. The third kappa shape index (κ3) is 2.78. The number of fused-ring (bicyclic) bond motifs is 5. The normalized spacial score (nSPS) is 31.6. The molecule has 1 N–H and O–H groups in total. The van der Waals surface area contributed by atoms with Crippen molar-refractivity contribution in [2.45, 2.75) is 51.2 Å². The Morgan fingerprint density at radius 1 is 1.10 bits per heavy atom. The van der Waals surface area contributed by atoms with Gasteiger partial charge in [-0.3, -0.25) is 4.79 Å². The number of benzene rings is 2. The van der Waals surface area contributed by atoms with Gasteiger partial charge in [0.1, 0.15) is 5.76 Å². The van der Waals surface area contributed by atoms with Crippen LogP contribution in [0.2, 0.25) is 10.0 Å². The van der Waals surface area contributed by atoms with Crippen LogP contribution in [-0.4, -0.2) is 22.1 Å². The zero-order valence-electron chi connectivity index (χ0n) is 17.6. The lowest BCUT2D eigenvalue weighted by atomic mass is 9.68. The quantitative estimate of drug-likeness (QED) is 0.512. The third-order valence-corrected chi connectivity index (χ3v) is 8.20. The maximum absolute atomic E-state index is 14.8. The van der Waals surface area contributed by atoms with Crippen LogP contribution in [0.5, 0.6) is 0 Å². The number of aliphatic hydroxyl groups excluding tert-OH is 1. The SMILES string of the molecule is CCc1ccc(-c2ccc(Cl)c(Cl)c2F)cc1C1=C(O)[C@H]2[C@@H](C1=O)[C@]1(C)CCC2(C)O1. The number of carbonyl (C=O) groups excluding carboxylic acids is 1. The molecule has 0 amide bonds. The molecule has 2 aromatic carbocycles. The number of halogens is 3. The zero-order valence-corrected chi connectivity index (χ0v) is 19.1. The van der Waals surface area contributed by atoms with Gasteiger partial charge >= 0.3 is 0 Å². The molecular formula is C25H23Cl2FO3. The minimum absolute atomic E-state index is 0.0881. The lowest BCUT2D eigenvalue weighted by Gasteiger charge is -2.30. The predicted molar refractivity (Wildman–Crippen MR) is 120 cm³/mol. The molecule has 2 aliphatic heterocycles. The Morgan fingerprint density at radius 2 is 1.77 bits per heavy atom. The molecule has 3 nitrogen and oxygen atoms in total. The molecule has 6 heteroatoms. The average molecular weight is 461 g/mol. The van der Waals surface area contributed by atoms with E-state index in [9.17, 15) is 14.3 Å². The largest absolute Gasteiger partial charge is 0.511 e. The molecular weight excluding hydrogens is 438 g/mol. The first-order valence-corrected chi connectivity index (χ1v) is 11.3. The molecule has 0 aromatic heterocycles. The molecule has 5 rings (SSSR count). The summed E-state index contributed by atoms with van der Waals surface area (Å²) in [5.41, 5.74) is 1.68. The Morgan fingerprint density at radius 3 is 2.42 bits per heavy atom. The van der Waals surface area contributed by atoms with Gasteiger partial charge in [0.2, 0.25) is 0 Å². The summed E-state index contributed by atoms with van der Waals surface area (Å²) in [7, 11) is 0. The Bertz CT molecular complexity index is 1170. The highest BCUT2D eigenvalue weighted by atomic mass is 35.5. The first-order valence-electron chi connectivity index (χ1n) is 10.6. The summed E-state index contributed by atoms with van der Waals surface area (Å²) in [6.45, 7) is 5.95. The van der Waals surface area contributed by atoms with Gasteiger partial charge in [-0.05, 0) is 68.0 Å². The van der Waals surface area contributed by atoms with Gasteiger partial charge in [0, 0.05) is 5.56 Å². The van der Waals surface area contributed by atoms with Crippen LogP contribution in [0.3, 0.4) is 0 Å². The summed E-state index contributed by atoms with van der Waals surface area (Å²) in [6.07, 6.45) is 2.28. The second-order valence-electron chi connectivity index (χ2n) is 9.26. The Hall–Kier alpha value is -1.88. The molecule has 0 saturated carbocycles. The number of ketones is 1. The van der Waals surface area contributed by atoms with E-state index in [4.69, 9.17) is 27.9 Å². The Labute approximate surface area is 190 Å². The molecule has 2 saturated heterocycles. The maximum Gasteiger partial charge on any atom is 0.173 e. The van der Waals surface area contributed by atoms with Gasteiger partial charge in [0.15, 0.2) is 11.6 Å². The molecule has 162 valence electrons. The van der Waals surface area contributed by atoms with Crippen LogP contribution in [0, 0.1) is 17.7 Å². The molecule has 2 bridgehead atoms. The van der Waals surface area contributed by atoms with Crippen molar-refractivity contribution >= 4 is 34.6 Å². The monoisotopic (exact) mass is 460 g/mol. The van der Waals surface area contributed by atoms with Crippen LogP contribution in [-0.2, 0) is 16.0 Å². The topological polar surface area (TPSA) is 46.5 Å². The van der Waals surface area contributed by atoms with Gasteiger partial charge in [-0.1, -0.05) is 42.3 Å². The molecule has 2 aromatic rings. The number of carbonyl (C=O) groups is 1. The predicted octanol–water partition coefficient (Wildman–Crippen LogP) is 6.79. The highest BCUT2D eigenvalue weighted by Crippen LogP contribution is 2.63. The zero-order chi connectivity index (χ0) is 22.3. The smallest absolute Gasteiger partial charge is 0.173 e. The number of allylic oxidation sites excluding steroid dienone is 1. The van der Waals surface area contributed by atoms with Crippen molar-refractivity contribution in [3.8, 4) is 11.1 Å². The van der Waals surface area contributed by atoms with Crippen LogP contribution >= 0.6 is 23.2 Å². The Balaban J connectivity index is 1.68. The molecule has 2 heterocycles. The molecule has 0 radical (unpaired) electrons. The highest BCUT2D eigenvalue weighted by molar-refractivity contribution is 6.42. The van der Waals surface area contributed by atoms with Gasteiger partial charge in [-0.25, -0.2) is 4.39 Å². The summed E-state index contributed by atoms with van der Waals surface area (Å²) in [5.74, 6) is -1.33. The van der Waals surface area contributed by atoms with E-state index in [1.807, 2.05) is 26.8 Å². The van der Waals surface area contributed by atoms with Crippen molar-refractivity contribution in [3.05, 3.63) is 63.1 Å². The summed E-state index contributed by atoms with van der Waals surface area (Å²) in [4.78, 5) is 13.6. The van der Waals surface area contributed by atoms with Gasteiger partial charge in [0.25, 0.3) is 0 Å². The van der Waals surface area contributed by atoms with E-state index in [0.29, 0.717) is 28.7 Å². The number of hydrogen-bond donors (Lipinski definition) is 1. The van der Waals surface area contributed by atoms with E-state index < -0.39 is 22.9 Å². The number of aryl methyl sites for hydroxylation is 1. The van der Waals surface area contributed by atoms with Crippen LogP contribution in [0.4, 0.5) is 4.39 Å². The molecule has 4 atom stereocenters. The van der Waals surface area contributed by atoms with Crippen molar-refractivity contribution in [3.63, 3.8) is 0 Å². The minimum atomic E-state index is -0.608. The minimum Gasteiger partial charge on any atom is -0.511 e. The summed E-state index contributed by atoms with van der Waals surface area (Å²) >= 11 is 12.0. The van der Waals surface area contributed by atoms with Gasteiger partial charge in [-0.2, -0.15) is 0 Å². The maximum atomic E-state index is 14.8. The lowest BCUT2D eigenvalue weighted by Crippen LogP contribution is -2.39. The number of rotatable bonds is 3. The van der Waals surface area contributed by atoms with Crippen molar-refractivity contribution in [1.29, 1.82) is 0 Å².